The first-order valence-electron chi connectivity index (χ1n) is 6.43. The molecule has 0 radical (unpaired) electrons. The first-order valence-corrected chi connectivity index (χ1v) is 6.43. The lowest BCUT2D eigenvalue weighted by Gasteiger charge is -2.15. The molecule has 0 saturated heterocycles. The van der Waals surface area contributed by atoms with Crippen molar-refractivity contribution in [1.29, 1.82) is 0 Å². The molecule has 1 aromatic carbocycles. The normalized spacial score (nSPS) is 9.67. The average molecular weight is 206 g/mol. The summed E-state index contributed by atoms with van der Waals surface area (Å²) in [5, 5.41) is 0. The largest absolute Gasteiger partial charge is 0.0683 e. The van der Waals surface area contributed by atoms with E-state index in [4.69, 9.17) is 0 Å². The van der Waals surface area contributed by atoms with Gasteiger partial charge < -0.3 is 0 Å². The van der Waals surface area contributed by atoms with Crippen LogP contribution in [0.3, 0.4) is 0 Å². The van der Waals surface area contributed by atoms with Crippen LogP contribution in [0.15, 0.2) is 30.3 Å². The predicted octanol–water partition coefficient (Wildman–Crippen LogP) is 5.40. The molecule has 0 heterocycles. The first kappa shape index (κ1) is 14.2. The minimum Gasteiger partial charge on any atom is -0.0683 e. The SMILES string of the molecule is CC.CCCC(CCC)c1ccccc1. The van der Waals surface area contributed by atoms with Crippen LogP contribution in [0.2, 0.25) is 0 Å². The van der Waals surface area contributed by atoms with E-state index in [0.717, 1.165) is 5.92 Å². The Kier molecular flexibility index (Phi) is 9.26. The van der Waals surface area contributed by atoms with Crippen molar-refractivity contribution in [2.75, 3.05) is 0 Å². The highest BCUT2D eigenvalue weighted by atomic mass is 14.1. The van der Waals surface area contributed by atoms with Gasteiger partial charge in [-0.3, -0.25) is 0 Å². The molecule has 0 atom stereocenters. The lowest BCUT2D eigenvalue weighted by Crippen LogP contribution is -1.97. The zero-order chi connectivity index (χ0) is 11.5. The molecule has 0 aliphatic carbocycles. The maximum atomic E-state index is 2.27. The third-order valence-corrected chi connectivity index (χ3v) is 2.55. The van der Waals surface area contributed by atoms with Gasteiger partial charge >= 0.3 is 0 Å². The van der Waals surface area contributed by atoms with Crippen LogP contribution < -0.4 is 0 Å². The molecule has 0 N–H and O–H groups in total. The summed E-state index contributed by atoms with van der Waals surface area (Å²) in [7, 11) is 0. The zero-order valence-corrected chi connectivity index (χ0v) is 10.8. The molecule has 1 rings (SSSR count). The van der Waals surface area contributed by atoms with Crippen LogP contribution in [-0.4, -0.2) is 0 Å². The molecule has 0 nitrogen and oxygen atoms in total. The Bertz CT molecular complexity index is 207. The fourth-order valence-electron chi connectivity index (χ4n) is 1.90. The number of rotatable bonds is 5. The van der Waals surface area contributed by atoms with Crippen LogP contribution in [0, 0.1) is 0 Å². The van der Waals surface area contributed by atoms with Crippen LogP contribution in [0.1, 0.15) is 64.9 Å². The van der Waals surface area contributed by atoms with Gasteiger partial charge in [0.1, 0.15) is 0 Å². The summed E-state index contributed by atoms with van der Waals surface area (Å²) >= 11 is 0. The van der Waals surface area contributed by atoms with Crippen molar-refractivity contribution in [3.05, 3.63) is 35.9 Å². The Hall–Kier alpha value is -0.780. The lowest BCUT2D eigenvalue weighted by molar-refractivity contribution is 0.561. The van der Waals surface area contributed by atoms with Gasteiger partial charge in [0.25, 0.3) is 0 Å². The van der Waals surface area contributed by atoms with Gasteiger partial charge in [-0.1, -0.05) is 70.9 Å². The van der Waals surface area contributed by atoms with Gasteiger partial charge in [-0.2, -0.15) is 0 Å². The van der Waals surface area contributed by atoms with Crippen molar-refractivity contribution in [1.82, 2.24) is 0 Å². The van der Waals surface area contributed by atoms with Crippen LogP contribution in [-0.2, 0) is 0 Å². The summed E-state index contributed by atoms with van der Waals surface area (Å²) in [6.07, 6.45) is 5.24. The molecule has 0 spiro atoms. The quantitative estimate of drug-likeness (QED) is 0.605. The molecule has 0 fully saturated rings. The summed E-state index contributed by atoms with van der Waals surface area (Å²) in [6, 6.07) is 10.9. The Morgan fingerprint density at radius 2 is 1.33 bits per heavy atom. The molecular weight excluding hydrogens is 180 g/mol. The minimum absolute atomic E-state index is 0.788. The second-order valence-electron chi connectivity index (χ2n) is 3.68. The van der Waals surface area contributed by atoms with E-state index in [0.29, 0.717) is 0 Å². The van der Waals surface area contributed by atoms with E-state index in [1.165, 1.54) is 31.2 Å². The maximum absolute atomic E-state index is 2.27. The number of hydrogen-bond donors (Lipinski definition) is 0. The summed E-state index contributed by atoms with van der Waals surface area (Å²) in [5.74, 6) is 0.788. The van der Waals surface area contributed by atoms with Gasteiger partial charge in [-0.15, -0.1) is 0 Å². The highest BCUT2D eigenvalue weighted by Crippen LogP contribution is 2.25. The third kappa shape index (κ3) is 5.61. The molecule has 0 aliphatic heterocycles. The van der Waals surface area contributed by atoms with Crippen LogP contribution >= 0.6 is 0 Å². The molecule has 0 amide bonds. The molecule has 0 bridgehead atoms. The van der Waals surface area contributed by atoms with Crippen molar-refractivity contribution >= 4 is 0 Å². The van der Waals surface area contributed by atoms with Crippen molar-refractivity contribution in [2.45, 2.75) is 59.3 Å². The highest BCUT2D eigenvalue weighted by molar-refractivity contribution is 5.19. The monoisotopic (exact) mass is 206 g/mol. The number of benzene rings is 1. The Labute approximate surface area is 95.7 Å². The molecule has 86 valence electrons. The van der Waals surface area contributed by atoms with E-state index < -0.39 is 0 Å². The summed E-state index contributed by atoms with van der Waals surface area (Å²) in [5.41, 5.74) is 1.52. The standard InChI is InChI=1S/C13H20.C2H6/c1-3-8-12(9-4-2)13-10-6-5-7-11-13;1-2/h5-7,10-12H,3-4,8-9H2,1-2H3;1-2H3. The highest BCUT2D eigenvalue weighted by Gasteiger charge is 2.07. The van der Waals surface area contributed by atoms with E-state index in [2.05, 4.69) is 44.2 Å². The molecule has 1 aromatic rings. The van der Waals surface area contributed by atoms with Gasteiger partial charge in [-0.25, -0.2) is 0 Å². The maximum Gasteiger partial charge on any atom is -0.0162 e. The van der Waals surface area contributed by atoms with Crippen LogP contribution in [0.4, 0.5) is 0 Å². The molecule has 0 aliphatic rings. The number of hydrogen-bond acceptors (Lipinski definition) is 0. The van der Waals surface area contributed by atoms with Gasteiger partial charge in [0, 0.05) is 0 Å². The molecule has 0 saturated carbocycles. The lowest BCUT2D eigenvalue weighted by atomic mass is 9.91. The Morgan fingerprint density at radius 3 is 1.73 bits per heavy atom. The fraction of sp³-hybridized carbons (Fsp3) is 0.600. The Morgan fingerprint density at radius 1 is 0.867 bits per heavy atom. The van der Waals surface area contributed by atoms with Gasteiger partial charge in [0.15, 0.2) is 0 Å². The molecule has 0 aromatic heterocycles. The second-order valence-corrected chi connectivity index (χ2v) is 3.68. The summed E-state index contributed by atoms with van der Waals surface area (Å²) < 4.78 is 0. The van der Waals surface area contributed by atoms with Crippen molar-refractivity contribution < 1.29 is 0 Å². The van der Waals surface area contributed by atoms with Gasteiger partial charge in [0.2, 0.25) is 0 Å². The minimum atomic E-state index is 0.788. The van der Waals surface area contributed by atoms with Crippen molar-refractivity contribution in [2.24, 2.45) is 0 Å². The van der Waals surface area contributed by atoms with Crippen molar-refractivity contribution in [3.8, 4) is 0 Å². The van der Waals surface area contributed by atoms with E-state index in [1.807, 2.05) is 13.8 Å². The second kappa shape index (κ2) is 9.76. The Balaban J connectivity index is 0.000000921. The average Bonchev–Trinajstić information content (AvgIpc) is 2.33. The summed E-state index contributed by atoms with van der Waals surface area (Å²) in [6.45, 7) is 8.54. The van der Waals surface area contributed by atoms with Crippen molar-refractivity contribution in [3.63, 3.8) is 0 Å². The molecule has 0 heteroatoms. The zero-order valence-electron chi connectivity index (χ0n) is 10.8. The van der Waals surface area contributed by atoms with Gasteiger partial charge in [0.05, 0.1) is 0 Å². The first-order chi connectivity index (χ1) is 7.38. The third-order valence-electron chi connectivity index (χ3n) is 2.55. The topological polar surface area (TPSA) is 0 Å². The van der Waals surface area contributed by atoms with E-state index in [1.54, 1.807) is 0 Å². The molecule has 15 heavy (non-hydrogen) atoms. The van der Waals surface area contributed by atoms with Crippen LogP contribution in [0.25, 0.3) is 0 Å². The summed E-state index contributed by atoms with van der Waals surface area (Å²) in [4.78, 5) is 0. The fourth-order valence-corrected chi connectivity index (χ4v) is 1.90. The van der Waals surface area contributed by atoms with Crippen LogP contribution in [0.5, 0.6) is 0 Å². The smallest absolute Gasteiger partial charge is 0.0162 e. The predicted molar refractivity (Wildman–Crippen MR) is 70.3 cm³/mol. The van der Waals surface area contributed by atoms with E-state index in [9.17, 15) is 0 Å². The molecular formula is C15H26. The van der Waals surface area contributed by atoms with E-state index in [-0.39, 0.29) is 0 Å². The molecule has 0 unspecified atom stereocenters. The van der Waals surface area contributed by atoms with Gasteiger partial charge in [-0.05, 0) is 24.3 Å². The van der Waals surface area contributed by atoms with E-state index >= 15 is 0 Å².